The summed E-state index contributed by atoms with van der Waals surface area (Å²) in [6.07, 6.45) is 5.22. The van der Waals surface area contributed by atoms with Gasteiger partial charge in [-0.25, -0.2) is 0 Å². The summed E-state index contributed by atoms with van der Waals surface area (Å²) in [5, 5.41) is 0. The molecule has 2 saturated heterocycles. The highest BCUT2D eigenvalue weighted by molar-refractivity contribution is 5.02. The Hall–Kier alpha value is -0.840. The topological polar surface area (TPSA) is 28.9 Å². The second kappa shape index (κ2) is 5.27. The Morgan fingerprint density at radius 2 is 2.37 bits per heavy atom. The first-order chi connectivity index (χ1) is 9.17. The quantitative estimate of drug-likeness (QED) is 0.834. The van der Waals surface area contributed by atoms with E-state index in [0.717, 1.165) is 51.3 Å². The number of rotatable bonds is 3. The summed E-state index contributed by atoms with van der Waals surface area (Å²) in [6.45, 7) is 3.96. The molecular formula is C15H24N2O2. The molecule has 0 aromatic carbocycles. The van der Waals surface area contributed by atoms with Gasteiger partial charge < -0.3 is 14.1 Å². The van der Waals surface area contributed by atoms with Crippen LogP contribution in [0.2, 0.25) is 0 Å². The lowest BCUT2D eigenvalue weighted by molar-refractivity contribution is -0.0933. The summed E-state index contributed by atoms with van der Waals surface area (Å²) < 4.78 is 11.6. The van der Waals surface area contributed by atoms with Crippen molar-refractivity contribution in [2.45, 2.75) is 37.5 Å². The third-order valence-electron chi connectivity index (χ3n) is 4.55. The van der Waals surface area contributed by atoms with E-state index < -0.39 is 0 Å². The van der Waals surface area contributed by atoms with Crippen molar-refractivity contribution in [1.82, 2.24) is 9.80 Å². The van der Waals surface area contributed by atoms with E-state index in [1.54, 1.807) is 6.26 Å². The van der Waals surface area contributed by atoms with Gasteiger partial charge in [0.25, 0.3) is 0 Å². The molecule has 2 aliphatic rings. The smallest absolute Gasteiger partial charge is 0.117 e. The summed E-state index contributed by atoms with van der Waals surface area (Å²) in [5.41, 5.74) is 0.0831. The molecule has 2 aliphatic heterocycles. The normalized spacial score (nSPS) is 32.5. The Labute approximate surface area is 115 Å². The summed E-state index contributed by atoms with van der Waals surface area (Å²) in [6, 6.07) is 4.67. The zero-order valence-electron chi connectivity index (χ0n) is 12.0. The summed E-state index contributed by atoms with van der Waals surface area (Å²) >= 11 is 0. The van der Waals surface area contributed by atoms with Crippen LogP contribution in [0.15, 0.2) is 22.8 Å². The maximum Gasteiger partial charge on any atom is 0.117 e. The number of ether oxygens (including phenoxy) is 1. The van der Waals surface area contributed by atoms with Crippen LogP contribution in [0.4, 0.5) is 0 Å². The molecule has 1 aromatic rings. The predicted molar refractivity (Wildman–Crippen MR) is 74.0 cm³/mol. The molecule has 0 unspecified atom stereocenters. The van der Waals surface area contributed by atoms with Crippen molar-refractivity contribution < 1.29 is 9.15 Å². The van der Waals surface area contributed by atoms with Gasteiger partial charge in [0.05, 0.1) is 18.4 Å². The Morgan fingerprint density at radius 3 is 3.11 bits per heavy atom. The molecule has 4 nitrogen and oxygen atoms in total. The van der Waals surface area contributed by atoms with E-state index in [1.807, 2.05) is 6.07 Å². The van der Waals surface area contributed by atoms with Crippen LogP contribution in [-0.4, -0.2) is 55.2 Å². The van der Waals surface area contributed by atoms with Crippen LogP contribution in [0.25, 0.3) is 0 Å². The van der Waals surface area contributed by atoms with Gasteiger partial charge in [0, 0.05) is 25.7 Å². The Morgan fingerprint density at radius 1 is 1.47 bits per heavy atom. The number of nitrogens with zero attached hydrogens (tertiary/aromatic N) is 2. The van der Waals surface area contributed by atoms with E-state index in [1.165, 1.54) is 0 Å². The van der Waals surface area contributed by atoms with Crippen molar-refractivity contribution in [2.24, 2.45) is 0 Å². The molecule has 2 fully saturated rings. The maximum atomic E-state index is 6.16. The van der Waals surface area contributed by atoms with Crippen LogP contribution in [0, 0.1) is 0 Å². The first kappa shape index (κ1) is 13.2. The average Bonchev–Trinajstić information content (AvgIpc) is 3.01. The highest BCUT2D eigenvalue weighted by Crippen LogP contribution is 2.35. The number of hydrogen-bond donors (Lipinski definition) is 0. The van der Waals surface area contributed by atoms with Crippen molar-refractivity contribution in [2.75, 3.05) is 33.8 Å². The molecule has 0 N–H and O–H groups in total. The zero-order chi connectivity index (χ0) is 13.3. The van der Waals surface area contributed by atoms with Crippen LogP contribution >= 0.6 is 0 Å². The van der Waals surface area contributed by atoms with Crippen LogP contribution in [0.5, 0.6) is 0 Å². The van der Waals surface area contributed by atoms with Crippen LogP contribution in [-0.2, 0) is 11.3 Å². The molecule has 4 heteroatoms. The van der Waals surface area contributed by atoms with Gasteiger partial charge in [-0.3, -0.25) is 4.90 Å². The number of hydrogen-bond acceptors (Lipinski definition) is 4. The van der Waals surface area contributed by atoms with E-state index in [-0.39, 0.29) is 5.60 Å². The van der Waals surface area contributed by atoms with Gasteiger partial charge in [-0.1, -0.05) is 0 Å². The molecule has 0 aliphatic carbocycles. The van der Waals surface area contributed by atoms with Crippen LogP contribution < -0.4 is 0 Å². The largest absolute Gasteiger partial charge is 0.468 e. The number of furan rings is 1. The lowest BCUT2D eigenvalue weighted by atomic mass is 9.89. The monoisotopic (exact) mass is 264 g/mol. The second-order valence-corrected chi connectivity index (χ2v) is 6.18. The summed E-state index contributed by atoms with van der Waals surface area (Å²) in [7, 11) is 4.36. The average molecular weight is 264 g/mol. The number of likely N-dealkylation sites (tertiary alicyclic amines) is 1. The minimum Gasteiger partial charge on any atom is -0.468 e. The van der Waals surface area contributed by atoms with E-state index in [4.69, 9.17) is 9.15 Å². The lowest BCUT2D eigenvalue weighted by Gasteiger charge is -2.40. The van der Waals surface area contributed by atoms with Gasteiger partial charge in [-0.15, -0.1) is 0 Å². The SMILES string of the molecule is CN(C)[C@@H]1CCO[C@]2(CCN(Cc3ccco3)C2)C1. The van der Waals surface area contributed by atoms with E-state index in [2.05, 4.69) is 30.0 Å². The zero-order valence-corrected chi connectivity index (χ0v) is 12.0. The Bertz CT molecular complexity index is 404. The summed E-state index contributed by atoms with van der Waals surface area (Å²) in [5.74, 6) is 1.05. The molecule has 19 heavy (non-hydrogen) atoms. The molecule has 3 heterocycles. The van der Waals surface area contributed by atoms with Gasteiger partial charge in [0.1, 0.15) is 5.76 Å². The van der Waals surface area contributed by atoms with E-state index in [0.29, 0.717) is 6.04 Å². The first-order valence-corrected chi connectivity index (χ1v) is 7.22. The van der Waals surface area contributed by atoms with Crippen molar-refractivity contribution in [3.8, 4) is 0 Å². The first-order valence-electron chi connectivity index (χ1n) is 7.22. The fourth-order valence-electron chi connectivity index (χ4n) is 3.41. The standard InChI is InChI=1S/C15H24N2O2/c1-16(2)13-5-9-19-15(10-13)6-7-17(12-15)11-14-4-3-8-18-14/h3-4,8,13H,5-7,9-12H2,1-2H3/t13-,15-/m1/s1. The van der Waals surface area contributed by atoms with Gasteiger partial charge in [0.2, 0.25) is 0 Å². The fourth-order valence-corrected chi connectivity index (χ4v) is 3.41. The minimum atomic E-state index is 0.0831. The van der Waals surface area contributed by atoms with E-state index in [9.17, 15) is 0 Å². The maximum absolute atomic E-state index is 6.16. The molecule has 106 valence electrons. The van der Waals surface area contributed by atoms with Crippen molar-refractivity contribution in [1.29, 1.82) is 0 Å². The third-order valence-corrected chi connectivity index (χ3v) is 4.55. The second-order valence-electron chi connectivity index (χ2n) is 6.18. The van der Waals surface area contributed by atoms with Gasteiger partial charge >= 0.3 is 0 Å². The van der Waals surface area contributed by atoms with Crippen LogP contribution in [0.1, 0.15) is 25.0 Å². The Balaban J connectivity index is 1.60. The van der Waals surface area contributed by atoms with Gasteiger partial charge in [0.15, 0.2) is 0 Å². The lowest BCUT2D eigenvalue weighted by Crippen LogP contribution is -2.48. The Kier molecular flexibility index (Phi) is 3.65. The van der Waals surface area contributed by atoms with Gasteiger partial charge in [-0.2, -0.15) is 0 Å². The molecular weight excluding hydrogens is 240 g/mol. The van der Waals surface area contributed by atoms with Crippen molar-refractivity contribution >= 4 is 0 Å². The van der Waals surface area contributed by atoms with Crippen molar-refractivity contribution in [3.05, 3.63) is 24.2 Å². The van der Waals surface area contributed by atoms with Crippen LogP contribution in [0.3, 0.4) is 0 Å². The molecule has 2 atom stereocenters. The fraction of sp³-hybridized carbons (Fsp3) is 0.733. The minimum absolute atomic E-state index is 0.0831. The molecule has 1 aromatic heterocycles. The summed E-state index contributed by atoms with van der Waals surface area (Å²) in [4.78, 5) is 4.80. The van der Waals surface area contributed by atoms with Crippen molar-refractivity contribution in [3.63, 3.8) is 0 Å². The molecule has 3 rings (SSSR count). The molecule has 0 saturated carbocycles. The molecule has 0 amide bonds. The highest BCUT2D eigenvalue weighted by Gasteiger charge is 2.43. The molecule has 0 radical (unpaired) electrons. The predicted octanol–water partition coefficient (Wildman–Crippen LogP) is 1.96. The highest BCUT2D eigenvalue weighted by atomic mass is 16.5. The van der Waals surface area contributed by atoms with E-state index >= 15 is 0 Å². The molecule has 0 bridgehead atoms. The van der Waals surface area contributed by atoms with Gasteiger partial charge in [-0.05, 0) is 45.5 Å². The molecule has 1 spiro atoms. The third kappa shape index (κ3) is 2.86.